The number of nitrogens with two attached hydrogens (primary N) is 1. The first-order valence-corrected chi connectivity index (χ1v) is 15.1. The SMILES string of the molecule is Cc1nc(N)cc(-c2nc3c4c(nc(OC[C@H]5N(C)C[C@@]56CC6(F)F)nc4c2F)N2C[C@H]4CC[C@H](N4)[C@H]2C(C(F)(F)F)O3)c1C(F)(F)F. The van der Waals surface area contributed by atoms with Crippen molar-refractivity contribution in [2.45, 2.75) is 74.7 Å². The van der Waals surface area contributed by atoms with Crippen LogP contribution in [0.5, 0.6) is 11.9 Å². The quantitative estimate of drug-likeness (QED) is 0.380. The molecule has 19 heteroatoms. The molecular weight excluding hydrogens is 663 g/mol. The monoisotopic (exact) mass is 690 g/mol. The van der Waals surface area contributed by atoms with Gasteiger partial charge in [0.15, 0.2) is 5.82 Å². The zero-order valence-electron chi connectivity index (χ0n) is 25.2. The Hall–Kier alpha value is -3.87. The van der Waals surface area contributed by atoms with Crippen LogP contribution in [0.15, 0.2) is 6.07 Å². The molecule has 4 aliphatic heterocycles. The van der Waals surface area contributed by atoms with Crippen molar-refractivity contribution < 1.29 is 49.0 Å². The molecule has 3 saturated heterocycles. The molecule has 8 rings (SSSR count). The number of alkyl halides is 8. The summed E-state index contributed by atoms with van der Waals surface area (Å²) in [5.41, 5.74) is -0.267. The van der Waals surface area contributed by atoms with E-state index in [1.165, 1.54) is 4.90 Å². The Morgan fingerprint density at radius 2 is 1.83 bits per heavy atom. The minimum Gasteiger partial charge on any atom is -0.462 e. The molecule has 5 aliphatic rings. The van der Waals surface area contributed by atoms with E-state index in [-0.39, 0.29) is 38.0 Å². The molecule has 2 bridgehead atoms. The zero-order valence-corrected chi connectivity index (χ0v) is 25.2. The summed E-state index contributed by atoms with van der Waals surface area (Å²) in [7, 11) is 1.61. The van der Waals surface area contributed by atoms with Gasteiger partial charge in [-0.25, -0.2) is 23.1 Å². The fraction of sp³-hybridized carbons (Fsp3) is 0.586. The minimum absolute atomic E-state index is 0.00945. The normalized spacial score (nSPS) is 30.6. The summed E-state index contributed by atoms with van der Waals surface area (Å²) in [5, 5.41) is 2.75. The third-order valence-corrected chi connectivity index (χ3v) is 10.3. The van der Waals surface area contributed by atoms with E-state index in [4.69, 9.17) is 15.2 Å². The number of ether oxygens (including phenoxy) is 2. The van der Waals surface area contributed by atoms with Gasteiger partial charge in [0.25, 0.3) is 5.92 Å². The van der Waals surface area contributed by atoms with Gasteiger partial charge in [0.2, 0.25) is 12.0 Å². The largest absolute Gasteiger partial charge is 0.462 e. The molecule has 1 saturated carbocycles. The van der Waals surface area contributed by atoms with Gasteiger partial charge in [0.05, 0.1) is 28.8 Å². The third-order valence-electron chi connectivity index (χ3n) is 10.3. The van der Waals surface area contributed by atoms with Crippen LogP contribution in [-0.2, 0) is 6.18 Å². The lowest BCUT2D eigenvalue weighted by atomic mass is 9.85. The standard InChI is InChI=1S/C29H27F9N8O2/c1-10-17(28(33,34)35)12(5-15(39)40-10)19-18(30)20-16-23(44-25(43-20)47-7-14-26(9-45(14)2)8-27(26,31)32)46-6-11-3-4-13(41-11)21(46)22(29(36,37)38)48-24(16)42-19/h5,11,13-14,21-22,41H,3-4,6-9H2,1-2H3,(H2,39,40)/t11-,13+,14-,21+,22?,26+/m1/s1. The number of anilines is 2. The Bertz CT molecular complexity index is 1860. The van der Waals surface area contributed by atoms with Crippen LogP contribution in [0.25, 0.3) is 22.2 Å². The lowest BCUT2D eigenvalue weighted by molar-refractivity contribution is -0.203. The van der Waals surface area contributed by atoms with Crippen molar-refractivity contribution in [3.8, 4) is 23.1 Å². The Morgan fingerprint density at radius 1 is 1.10 bits per heavy atom. The van der Waals surface area contributed by atoms with Crippen molar-refractivity contribution in [3.05, 3.63) is 23.1 Å². The zero-order chi connectivity index (χ0) is 34.3. The van der Waals surface area contributed by atoms with Gasteiger partial charge in [-0.2, -0.15) is 36.3 Å². The number of likely N-dealkylation sites (N-methyl/N-ethyl adjacent to an activating group) is 1. The molecule has 0 aromatic carbocycles. The summed E-state index contributed by atoms with van der Waals surface area (Å²) < 4.78 is 144. The van der Waals surface area contributed by atoms with E-state index in [0.29, 0.717) is 18.9 Å². The van der Waals surface area contributed by atoms with Crippen molar-refractivity contribution in [1.29, 1.82) is 0 Å². The second-order valence-electron chi connectivity index (χ2n) is 13.2. The number of pyridine rings is 2. The Morgan fingerprint density at radius 3 is 2.48 bits per heavy atom. The number of fused-ring (bicyclic) bond motifs is 5. The Kier molecular flexibility index (Phi) is 6.45. The summed E-state index contributed by atoms with van der Waals surface area (Å²) >= 11 is 0. The number of nitrogen functional groups attached to an aromatic ring is 1. The van der Waals surface area contributed by atoms with E-state index in [2.05, 4.69) is 25.3 Å². The Balaban J connectivity index is 1.34. The molecule has 1 spiro atoms. The number of likely N-dealkylation sites (tertiary alicyclic amines) is 1. The van der Waals surface area contributed by atoms with Gasteiger partial charge >= 0.3 is 18.4 Å². The van der Waals surface area contributed by atoms with Crippen LogP contribution in [0.3, 0.4) is 0 Å². The molecule has 3 aromatic heterocycles. The minimum atomic E-state index is -5.10. The average molecular weight is 691 g/mol. The first-order valence-electron chi connectivity index (χ1n) is 15.1. The molecule has 48 heavy (non-hydrogen) atoms. The lowest BCUT2D eigenvalue weighted by Gasteiger charge is -2.46. The topological polar surface area (TPSA) is 115 Å². The van der Waals surface area contributed by atoms with E-state index >= 15 is 4.39 Å². The molecule has 1 aliphatic carbocycles. The van der Waals surface area contributed by atoms with Gasteiger partial charge in [-0.1, -0.05) is 0 Å². The second kappa shape index (κ2) is 9.86. The van der Waals surface area contributed by atoms with E-state index < -0.39 is 105 Å². The highest BCUT2D eigenvalue weighted by Crippen LogP contribution is 2.68. The highest BCUT2D eigenvalue weighted by molar-refractivity contribution is 5.97. The summed E-state index contributed by atoms with van der Waals surface area (Å²) in [6.45, 7) is 0.735. The Labute approximate surface area is 265 Å². The van der Waals surface area contributed by atoms with Crippen LogP contribution in [0.1, 0.15) is 30.5 Å². The first-order chi connectivity index (χ1) is 22.4. The number of rotatable bonds is 4. The highest BCUT2D eigenvalue weighted by atomic mass is 19.4. The second-order valence-corrected chi connectivity index (χ2v) is 13.2. The smallest absolute Gasteiger partial charge is 0.427 e. The number of piperazine rings is 1. The molecule has 3 N–H and O–H groups in total. The molecule has 7 heterocycles. The number of hydrogen-bond acceptors (Lipinski definition) is 10. The third kappa shape index (κ3) is 4.48. The summed E-state index contributed by atoms with van der Waals surface area (Å²) in [5.74, 6) is -5.85. The van der Waals surface area contributed by atoms with Crippen molar-refractivity contribution in [2.24, 2.45) is 5.41 Å². The van der Waals surface area contributed by atoms with E-state index in [0.717, 1.165) is 6.92 Å². The van der Waals surface area contributed by atoms with Crippen LogP contribution >= 0.6 is 0 Å². The van der Waals surface area contributed by atoms with Gasteiger partial charge in [-0.05, 0) is 32.9 Å². The maximum absolute atomic E-state index is 16.7. The predicted molar refractivity (Wildman–Crippen MR) is 150 cm³/mol. The van der Waals surface area contributed by atoms with Crippen molar-refractivity contribution >= 4 is 22.5 Å². The fourth-order valence-corrected chi connectivity index (χ4v) is 8.07. The number of nitrogens with one attached hydrogen (secondary N) is 1. The van der Waals surface area contributed by atoms with Crippen LogP contribution in [0, 0.1) is 18.2 Å². The van der Waals surface area contributed by atoms with Gasteiger partial charge in [-0.15, -0.1) is 0 Å². The van der Waals surface area contributed by atoms with Crippen LogP contribution in [0.4, 0.5) is 51.1 Å². The van der Waals surface area contributed by atoms with Gasteiger partial charge in [0, 0.05) is 37.2 Å². The summed E-state index contributed by atoms with van der Waals surface area (Å²) in [6, 6.07) is -3.06. The van der Waals surface area contributed by atoms with Gasteiger partial charge < -0.3 is 25.4 Å². The maximum Gasteiger partial charge on any atom is 0.427 e. The molecule has 6 atom stereocenters. The van der Waals surface area contributed by atoms with E-state index in [1.54, 1.807) is 11.9 Å². The van der Waals surface area contributed by atoms with Gasteiger partial charge in [-0.3, -0.25) is 4.90 Å². The molecule has 4 fully saturated rings. The molecule has 10 nitrogen and oxygen atoms in total. The van der Waals surface area contributed by atoms with E-state index in [9.17, 15) is 35.1 Å². The molecule has 0 amide bonds. The first kappa shape index (κ1) is 31.4. The maximum atomic E-state index is 16.7. The van der Waals surface area contributed by atoms with Gasteiger partial charge in [0.1, 0.15) is 34.8 Å². The van der Waals surface area contributed by atoms with Crippen molar-refractivity contribution in [1.82, 2.24) is 30.2 Å². The number of hydrogen-bond donors (Lipinski definition) is 2. The van der Waals surface area contributed by atoms with Crippen LogP contribution < -0.4 is 25.4 Å². The predicted octanol–water partition coefficient (Wildman–Crippen LogP) is 4.49. The number of aryl methyl sites for hydroxylation is 1. The number of nitrogens with zero attached hydrogens (tertiary/aromatic N) is 6. The van der Waals surface area contributed by atoms with Crippen LogP contribution in [0.2, 0.25) is 0 Å². The van der Waals surface area contributed by atoms with Crippen LogP contribution in [-0.4, -0.2) is 94.0 Å². The lowest BCUT2D eigenvalue weighted by Crippen LogP contribution is -2.66. The molecule has 0 radical (unpaired) electrons. The highest BCUT2D eigenvalue weighted by Gasteiger charge is 2.79. The molecule has 1 unspecified atom stereocenters. The van der Waals surface area contributed by atoms with Crippen molar-refractivity contribution in [2.75, 3.05) is 37.4 Å². The fourth-order valence-electron chi connectivity index (χ4n) is 8.07. The number of aromatic nitrogens is 4. The molecule has 258 valence electrons. The van der Waals surface area contributed by atoms with E-state index in [1.807, 2.05) is 0 Å². The van der Waals surface area contributed by atoms with Crippen molar-refractivity contribution in [3.63, 3.8) is 0 Å². The molecular formula is C29H27F9N8O2. The molecule has 3 aromatic rings. The number of halogens is 9. The average Bonchev–Trinajstić information content (AvgIpc) is 3.40. The summed E-state index contributed by atoms with van der Waals surface area (Å²) in [6.07, 6.45) is -12.1. The summed E-state index contributed by atoms with van der Waals surface area (Å²) in [4.78, 5) is 19.0.